The molecular weight excluding hydrogens is 182 g/mol. The van der Waals surface area contributed by atoms with Gasteiger partial charge in [0.05, 0.1) is 0 Å². The zero-order valence-corrected chi connectivity index (χ0v) is 9.84. The minimum Gasteiger partial charge on any atom is -0.310 e. The van der Waals surface area contributed by atoms with Crippen molar-refractivity contribution in [3.8, 4) is 0 Å². The van der Waals surface area contributed by atoms with Crippen LogP contribution in [-0.4, -0.2) is 6.54 Å². The fraction of sp³-hybridized carbons (Fsp3) is 0.571. The van der Waals surface area contributed by atoms with Gasteiger partial charge in [0.1, 0.15) is 0 Å². The third-order valence-corrected chi connectivity index (χ3v) is 3.44. The highest BCUT2D eigenvalue weighted by molar-refractivity contribution is 5.33. The topological polar surface area (TPSA) is 12.0 Å². The highest BCUT2D eigenvalue weighted by Crippen LogP contribution is 2.26. The van der Waals surface area contributed by atoms with E-state index in [2.05, 4.69) is 37.4 Å². The molecule has 82 valence electrons. The van der Waals surface area contributed by atoms with Gasteiger partial charge in [-0.05, 0) is 49.4 Å². The molecule has 0 amide bonds. The Balaban J connectivity index is 2.24. The number of benzene rings is 1. The fourth-order valence-electron chi connectivity index (χ4n) is 2.40. The SMILES string of the molecule is CCc1ccc(C)c(C2CCCCN2)c1. The molecule has 1 nitrogen and oxygen atoms in total. The molecular formula is C14H21N. The van der Waals surface area contributed by atoms with Crippen LogP contribution < -0.4 is 5.32 Å². The molecule has 1 aliphatic rings. The standard InChI is InChI=1S/C14H21N/c1-3-12-8-7-11(2)13(10-12)14-6-4-5-9-15-14/h7-8,10,14-15H,3-6,9H2,1-2H3. The van der Waals surface area contributed by atoms with Gasteiger partial charge in [0.2, 0.25) is 0 Å². The molecule has 0 bridgehead atoms. The average molecular weight is 203 g/mol. The molecule has 1 atom stereocenters. The highest BCUT2D eigenvalue weighted by atomic mass is 14.9. The summed E-state index contributed by atoms with van der Waals surface area (Å²) in [6, 6.07) is 7.51. The van der Waals surface area contributed by atoms with Crippen LogP contribution in [0.5, 0.6) is 0 Å². The van der Waals surface area contributed by atoms with Gasteiger partial charge in [-0.2, -0.15) is 0 Å². The van der Waals surface area contributed by atoms with Crippen molar-refractivity contribution in [1.29, 1.82) is 0 Å². The summed E-state index contributed by atoms with van der Waals surface area (Å²) < 4.78 is 0. The summed E-state index contributed by atoms with van der Waals surface area (Å²) in [7, 11) is 0. The molecule has 1 N–H and O–H groups in total. The van der Waals surface area contributed by atoms with Crippen LogP contribution in [0, 0.1) is 6.92 Å². The first-order chi connectivity index (χ1) is 7.31. The molecule has 1 heteroatoms. The fourth-order valence-corrected chi connectivity index (χ4v) is 2.40. The van der Waals surface area contributed by atoms with Crippen molar-refractivity contribution in [2.45, 2.75) is 45.6 Å². The van der Waals surface area contributed by atoms with E-state index in [0.717, 1.165) is 6.42 Å². The first-order valence-electron chi connectivity index (χ1n) is 6.14. The Hall–Kier alpha value is -0.820. The molecule has 1 aromatic carbocycles. The largest absolute Gasteiger partial charge is 0.310 e. The van der Waals surface area contributed by atoms with E-state index in [0.29, 0.717) is 6.04 Å². The predicted molar refractivity (Wildman–Crippen MR) is 65.2 cm³/mol. The van der Waals surface area contributed by atoms with E-state index in [1.165, 1.54) is 42.5 Å². The maximum Gasteiger partial charge on any atom is 0.0322 e. The summed E-state index contributed by atoms with van der Waals surface area (Å²) in [6.45, 7) is 5.63. The molecule has 0 aromatic heterocycles. The van der Waals surface area contributed by atoms with Crippen LogP contribution in [0.1, 0.15) is 48.9 Å². The Kier molecular flexibility index (Phi) is 3.42. The molecule has 1 heterocycles. The maximum atomic E-state index is 3.63. The second kappa shape index (κ2) is 4.80. The van der Waals surface area contributed by atoms with E-state index in [-0.39, 0.29) is 0 Å². The van der Waals surface area contributed by atoms with Crippen LogP contribution >= 0.6 is 0 Å². The molecule has 0 saturated carbocycles. The lowest BCUT2D eigenvalue weighted by Gasteiger charge is -2.25. The average Bonchev–Trinajstić information content (AvgIpc) is 2.31. The summed E-state index contributed by atoms with van der Waals surface area (Å²) in [5, 5.41) is 3.63. The monoisotopic (exact) mass is 203 g/mol. The van der Waals surface area contributed by atoms with Crippen molar-refractivity contribution in [3.63, 3.8) is 0 Å². The minimum atomic E-state index is 0.602. The number of hydrogen-bond donors (Lipinski definition) is 1. The summed E-state index contributed by atoms with van der Waals surface area (Å²) in [5.74, 6) is 0. The van der Waals surface area contributed by atoms with E-state index in [1.54, 1.807) is 0 Å². The Morgan fingerprint density at radius 1 is 1.33 bits per heavy atom. The second-order valence-corrected chi connectivity index (χ2v) is 4.55. The minimum absolute atomic E-state index is 0.602. The first-order valence-corrected chi connectivity index (χ1v) is 6.14. The van der Waals surface area contributed by atoms with Crippen LogP contribution in [0.4, 0.5) is 0 Å². The van der Waals surface area contributed by atoms with E-state index in [1.807, 2.05) is 0 Å². The third-order valence-electron chi connectivity index (χ3n) is 3.44. The first kappa shape index (κ1) is 10.7. The molecule has 2 rings (SSSR count). The van der Waals surface area contributed by atoms with Crippen molar-refractivity contribution in [3.05, 3.63) is 34.9 Å². The Bertz CT molecular complexity index is 324. The number of hydrogen-bond acceptors (Lipinski definition) is 1. The lowest BCUT2D eigenvalue weighted by Crippen LogP contribution is -2.27. The molecule has 1 aliphatic heterocycles. The number of aryl methyl sites for hydroxylation is 2. The molecule has 1 unspecified atom stereocenters. The van der Waals surface area contributed by atoms with Crippen molar-refractivity contribution < 1.29 is 0 Å². The van der Waals surface area contributed by atoms with Crippen LogP contribution in [-0.2, 0) is 6.42 Å². The lowest BCUT2D eigenvalue weighted by molar-refractivity contribution is 0.411. The quantitative estimate of drug-likeness (QED) is 0.777. The van der Waals surface area contributed by atoms with Crippen LogP contribution in [0.2, 0.25) is 0 Å². The molecule has 0 radical (unpaired) electrons. The predicted octanol–water partition coefficient (Wildman–Crippen LogP) is 3.37. The normalized spacial score (nSPS) is 21.6. The smallest absolute Gasteiger partial charge is 0.0322 e. The van der Waals surface area contributed by atoms with E-state index < -0.39 is 0 Å². The van der Waals surface area contributed by atoms with Crippen molar-refractivity contribution in [2.75, 3.05) is 6.54 Å². The Morgan fingerprint density at radius 2 is 2.20 bits per heavy atom. The lowest BCUT2D eigenvalue weighted by atomic mass is 9.92. The molecule has 1 fully saturated rings. The summed E-state index contributed by atoms with van der Waals surface area (Å²) in [4.78, 5) is 0. The summed E-state index contributed by atoms with van der Waals surface area (Å²) in [5.41, 5.74) is 4.42. The summed E-state index contributed by atoms with van der Waals surface area (Å²) >= 11 is 0. The highest BCUT2D eigenvalue weighted by Gasteiger charge is 2.16. The van der Waals surface area contributed by atoms with Gasteiger partial charge in [0.15, 0.2) is 0 Å². The number of nitrogens with one attached hydrogen (secondary N) is 1. The molecule has 0 spiro atoms. The molecule has 15 heavy (non-hydrogen) atoms. The van der Waals surface area contributed by atoms with E-state index in [9.17, 15) is 0 Å². The van der Waals surface area contributed by atoms with Gasteiger partial charge in [0.25, 0.3) is 0 Å². The second-order valence-electron chi connectivity index (χ2n) is 4.55. The maximum absolute atomic E-state index is 3.63. The van der Waals surface area contributed by atoms with Crippen molar-refractivity contribution in [1.82, 2.24) is 5.32 Å². The van der Waals surface area contributed by atoms with Crippen molar-refractivity contribution in [2.24, 2.45) is 0 Å². The van der Waals surface area contributed by atoms with E-state index in [4.69, 9.17) is 0 Å². The zero-order chi connectivity index (χ0) is 10.7. The van der Waals surface area contributed by atoms with Gasteiger partial charge in [-0.25, -0.2) is 0 Å². The Labute approximate surface area is 92.9 Å². The molecule has 1 aromatic rings. The van der Waals surface area contributed by atoms with E-state index >= 15 is 0 Å². The van der Waals surface area contributed by atoms with Crippen LogP contribution in [0.25, 0.3) is 0 Å². The summed E-state index contributed by atoms with van der Waals surface area (Å²) in [6.07, 6.45) is 5.14. The molecule has 0 aliphatic carbocycles. The van der Waals surface area contributed by atoms with Gasteiger partial charge in [-0.3, -0.25) is 0 Å². The van der Waals surface area contributed by atoms with Crippen LogP contribution in [0.15, 0.2) is 18.2 Å². The Morgan fingerprint density at radius 3 is 2.87 bits per heavy atom. The third kappa shape index (κ3) is 2.40. The number of piperidine rings is 1. The van der Waals surface area contributed by atoms with Gasteiger partial charge in [-0.15, -0.1) is 0 Å². The van der Waals surface area contributed by atoms with Crippen molar-refractivity contribution >= 4 is 0 Å². The van der Waals surface area contributed by atoms with Crippen LogP contribution in [0.3, 0.4) is 0 Å². The van der Waals surface area contributed by atoms with Gasteiger partial charge in [0, 0.05) is 6.04 Å². The zero-order valence-electron chi connectivity index (χ0n) is 9.84. The number of rotatable bonds is 2. The van der Waals surface area contributed by atoms with Gasteiger partial charge in [-0.1, -0.05) is 31.5 Å². The van der Waals surface area contributed by atoms with Gasteiger partial charge >= 0.3 is 0 Å². The van der Waals surface area contributed by atoms with Gasteiger partial charge < -0.3 is 5.32 Å². The molecule has 1 saturated heterocycles.